The molecule has 0 radical (unpaired) electrons. The molecule has 2 aromatic rings. The zero-order valence-electron chi connectivity index (χ0n) is 9.58. The van der Waals surface area contributed by atoms with E-state index in [-0.39, 0.29) is 5.84 Å². The second kappa shape index (κ2) is 5.59. The van der Waals surface area contributed by atoms with E-state index in [1.807, 2.05) is 0 Å². The number of nitrogen functional groups attached to an aromatic ring is 1. The molecular formula is C13H9ClF2N2S. The van der Waals surface area contributed by atoms with Gasteiger partial charge in [0, 0.05) is 15.4 Å². The summed E-state index contributed by atoms with van der Waals surface area (Å²) in [5, 5.41) is 7.70. The third-order valence-electron chi connectivity index (χ3n) is 2.36. The molecule has 3 N–H and O–H groups in total. The Kier molecular flexibility index (Phi) is 4.07. The maximum absolute atomic E-state index is 13.1. The van der Waals surface area contributed by atoms with Crippen LogP contribution >= 0.6 is 23.4 Å². The van der Waals surface area contributed by atoms with Crippen LogP contribution in [-0.4, -0.2) is 5.84 Å². The minimum absolute atomic E-state index is 0.0775. The zero-order valence-corrected chi connectivity index (χ0v) is 11.2. The topological polar surface area (TPSA) is 49.9 Å². The highest BCUT2D eigenvalue weighted by Crippen LogP contribution is 2.34. The highest BCUT2D eigenvalue weighted by atomic mass is 35.5. The van der Waals surface area contributed by atoms with Crippen LogP contribution in [0.2, 0.25) is 5.02 Å². The largest absolute Gasteiger partial charge is 0.384 e. The highest BCUT2D eigenvalue weighted by Gasteiger charge is 2.08. The van der Waals surface area contributed by atoms with Gasteiger partial charge in [0.25, 0.3) is 0 Å². The van der Waals surface area contributed by atoms with E-state index < -0.39 is 11.6 Å². The summed E-state index contributed by atoms with van der Waals surface area (Å²) in [6, 6.07) is 8.54. The van der Waals surface area contributed by atoms with Gasteiger partial charge < -0.3 is 5.73 Å². The maximum Gasteiger partial charge on any atom is 0.159 e. The second-order valence-corrected chi connectivity index (χ2v) is 5.26. The van der Waals surface area contributed by atoms with Crippen molar-refractivity contribution in [1.82, 2.24) is 0 Å². The Hall–Kier alpha value is -1.59. The number of nitrogens with two attached hydrogens (primary N) is 1. The van der Waals surface area contributed by atoms with Crippen LogP contribution in [0.3, 0.4) is 0 Å². The first kappa shape index (κ1) is 13.8. The lowest BCUT2D eigenvalue weighted by Crippen LogP contribution is -2.10. The first-order valence-electron chi connectivity index (χ1n) is 5.24. The molecule has 0 aliphatic heterocycles. The van der Waals surface area contributed by atoms with Gasteiger partial charge in [-0.2, -0.15) is 0 Å². The fourth-order valence-corrected chi connectivity index (χ4v) is 2.56. The minimum atomic E-state index is -0.901. The third kappa shape index (κ3) is 3.24. The Morgan fingerprint density at radius 1 is 1.11 bits per heavy atom. The van der Waals surface area contributed by atoms with Gasteiger partial charge in [0.1, 0.15) is 5.84 Å². The molecule has 0 heterocycles. The molecule has 98 valence electrons. The molecule has 0 saturated carbocycles. The summed E-state index contributed by atoms with van der Waals surface area (Å²) < 4.78 is 25.9. The van der Waals surface area contributed by atoms with Crippen molar-refractivity contribution < 1.29 is 8.78 Å². The van der Waals surface area contributed by atoms with Gasteiger partial charge in [0.05, 0.1) is 5.02 Å². The average Bonchev–Trinajstić information content (AvgIpc) is 2.36. The van der Waals surface area contributed by atoms with E-state index >= 15 is 0 Å². The fraction of sp³-hybridized carbons (Fsp3) is 0. The van der Waals surface area contributed by atoms with Crippen molar-refractivity contribution in [3.05, 3.63) is 58.6 Å². The highest BCUT2D eigenvalue weighted by molar-refractivity contribution is 7.99. The van der Waals surface area contributed by atoms with Crippen LogP contribution < -0.4 is 5.73 Å². The van der Waals surface area contributed by atoms with Gasteiger partial charge >= 0.3 is 0 Å². The van der Waals surface area contributed by atoms with Crippen LogP contribution in [0.25, 0.3) is 0 Å². The smallest absolute Gasteiger partial charge is 0.159 e. The lowest BCUT2D eigenvalue weighted by molar-refractivity contribution is 0.506. The van der Waals surface area contributed by atoms with E-state index in [1.165, 1.54) is 17.8 Å². The number of benzene rings is 2. The SMILES string of the molecule is N=C(N)c1ccc(Sc2ccc(F)c(F)c2)c(Cl)c1. The first-order valence-corrected chi connectivity index (χ1v) is 6.43. The van der Waals surface area contributed by atoms with Gasteiger partial charge in [-0.25, -0.2) is 8.78 Å². The maximum atomic E-state index is 13.1. The lowest BCUT2D eigenvalue weighted by Gasteiger charge is -2.06. The number of rotatable bonds is 3. The molecule has 6 heteroatoms. The van der Waals surface area contributed by atoms with Gasteiger partial charge in [-0.05, 0) is 30.3 Å². The Morgan fingerprint density at radius 2 is 1.84 bits per heavy atom. The van der Waals surface area contributed by atoms with Crippen molar-refractivity contribution in [3.63, 3.8) is 0 Å². The normalized spacial score (nSPS) is 10.5. The number of amidine groups is 1. The average molecular weight is 299 g/mol. The van der Waals surface area contributed by atoms with E-state index in [2.05, 4.69) is 0 Å². The van der Waals surface area contributed by atoms with Crippen molar-refractivity contribution >= 4 is 29.2 Å². The molecule has 19 heavy (non-hydrogen) atoms. The lowest BCUT2D eigenvalue weighted by atomic mass is 10.2. The van der Waals surface area contributed by atoms with Gasteiger partial charge in [-0.15, -0.1) is 0 Å². The predicted molar refractivity (Wildman–Crippen MR) is 72.9 cm³/mol. The number of nitrogens with one attached hydrogen (secondary N) is 1. The Labute approximate surface area is 118 Å². The molecule has 0 spiro atoms. The number of halogens is 3. The summed E-state index contributed by atoms with van der Waals surface area (Å²) in [4.78, 5) is 1.22. The molecule has 0 aliphatic carbocycles. The molecule has 0 bridgehead atoms. The zero-order chi connectivity index (χ0) is 14.0. The molecule has 2 aromatic carbocycles. The molecular weight excluding hydrogens is 290 g/mol. The van der Waals surface area contributed by atoms with Crippen molar-refractivity contribution in [2.45, 2.75) is 9.79 Å². The number of hydrogen-bond donors (Lipinski definition) is 2. The van der Waals surface area contributed by atoms with Gasteiger partial charge in [-0.3, -0.25) is 5.41 Å². The number of hydrogen-bond acceptors (Lipinski definition) is 2. The van der Waals surface area contributed by atoms with E-state index in [9.17, 15) is 8.78 Å². The molecule has 0 amide bonds. The van der Waals surface area contributed by atoms with Crippen LogP contribution in [-0.2, 0) is 0 Å². The van der Waals surface area contributed by atoms with Gasteiger partial charge in [0.2, 0.25) is 0 Å². The predicted octanol–water partition coefficient (Wildman–Crippen LogP) is 4.05. The summed E-state index contributed by atoms with van der Waals surface area (Å²) in [5.74, 6) is -1.87. The molecule has 0 aliphatic rings. The van der Waals surface area contributed by atoms with Crippen molar-refractivity contribution in [2.75, 3.05) is 0 Å². The van der Waals surface area contributed by atoms with Crippen LogP contribution in [0.15, 0.2) is 46.2 Å². The van der Waals surface area contributed by atoms with Crippen molar-refractivity contribution in [2.24, 2.45) is 5.73 Å². The van der Waals surface area contributed by atoms with Crippen LogP contribution in [0.4, 0.5) is 8.78 Å². The standard InChI is InChI=1S/C13H9ClF2N2S/c14-9-5-7(13(17)18)1-4-12(9)19-8-2-3-10(15)11(16)6-8/h1-6H,(H3,17,18). The quantitative estimate of drug-likeness (QED) is 0.663. The Bertz CT molecular complexity index is 647. The summed E-state index contributed by atoms with van der Waals surface area (Å²) in [6.07, 6.45) is 0. The summed E-state index contributed by atoms with van der Waals surface area (Å²) >= 11 is 7.26. The molecule has 0 fully saturated rings. The van der Waals surface area contributed by atoms with E-state index in [0.29, 0.717) is 20.4 Å². The Balaban J connectivity index is 2.28. The Morgan fingerprint density at radius 3 is 2.42 bits per heavy atom. The molecule has 0 unspecified atom stereocenters. The van der Waals surface area contributed by atoms with Crippen molar-refractivity contribution in [1.29, 1.82) is 5.41 Å². The second-order valence-electron chi connectivity index (χ2n) is 3.74. The first-order chi connectivity index (χ1) is 8.97. The van der Waals surface area contributed by atoms with Crippen molar-refractivity contribution in [3.8, 4) is 0 Å². The molecule has 2 nitrogen and oxygen atoms in total. The van der Waals surface area contributed by atoms with Crippen LogP contribution in [0, 0.1) is 17.0 Å². The van der Waals surface area contributed by atoms with Crippen LogP contribution in [0.1, 0.15) is 5.56 Å². The summed E-state index contributed by atoms with van der Waals surface area (Å²) in [7, 11) is 0. The monoisotopic (exact) mass is 298 g/mol. The third-order valence-corrected chi connectivity index (χ3v) is 3.85. The van der Waals surface area contributed by atoms with Gasteiger partial charge in [0.15, 0.2) is 11.6 Å². The molecule has 2 rings (SSSR count). The molecule has 0 aromatic heterocycles. The van der Waals surface area contributed by atoms with Crippen LogP contribution in [0.5, 0.6) is 0 Å². The van der Waals surface area contributed by atoms with E-state index in [4.69, 9.17) is 22.7 Å². The molecule has 0 saturated heterocycles. The fourth-order valence-electron chi connectivity index (χ4n) is 1.42. The van der Waals surface area contributed by atoms with Gasteiger partial charge in [-0.1, -0.05) is 29.4 Å². The summed E-state index contributed by atoms with van der Waals surface area (Å²) in [5.41, 5.74) is 5.86. The summed E-state index contributed by atoms with van der Waals surface area (Å²) in [6.45, 7) is 0. The molecule has 0 atom stereocenters. The van der Waals surface area contributed by atoms with E-state index in [1.54, 1.807) is 18.2 Å². The van der Waals surface area contributed by atoms with E-state index in [0.717, 1.165) is 12.1 Å². The minimum Gasteiger partial charge on any atom is -0.384 e.